The Balaban J connectivity index is 1.31. The number of aryl methyl sites for hydroxylation is 1. The molecule has 0 spiro atoms. The predicted octanol–water partition coefficient (Wildman–Crippen LogP) is 1.25. The molecule has 2 fully saturated rings. The molecule has 13 nitrogen and oxygen atoms in total. The van der Waals surface area contributed by atoms with Crippen molar-refractivity contribution in [2.24, 2.45) is 12.2 Å². The molecule has 0 bridgehead atoms. The van der Waals surface area contributed by atoms with Gasteiger partial charge in [0.2, 0.25) is 0 Å². The normalized spacial score (nSPS) is 18.9. The van der Waals surface area contributed by atoms with E-state index in [2.05, 4.69) is 20.4 Å². The number of nitrogens with zero attached hydrogens (tertiary/aromatic N) is 7. The minimum Gasteiger partial charge on any atom is -0.378 e. The third-order valence-corrected chi connectivity index (χ3v) is 10.8. The van der Waals surface area contributed by atoms with Crippen LogP contribution in [0.3, 0.4) is 0 Å². The van der Waals surface area contributed by atoms with Crippen LogP contribution in [0.15, 0.2) is 29.4 Å². The van der Waals surface area contributed by atoms with Gasteiger partial charge in [0, 0.05) is 37.2 Å². The van der Waals surface area contributed by atoms with E-state index in [9.17, 15) is 18.0 Å². The Morgan fingerprint density at radius 2 is 2.00 bits per heavy atom. The fourth-order valence-corrected chi connectivity index (χ4v) is 7.74. The first-order valence-electron chi connectivity index (χ1n) is 12.1. The summed E-state index contributed by atoms with van der Waals surface area (Å²) in [6.07, 6.45) is 1.19. The summed E-state index contributed by atoms with van der Waals surface area (Å²) in [7, 11) is -2.18. The highest BCUT2D eigenvalue weighted by Crippen LogP contribution is 2.51. The van der Waals surface area contributed by atoms with Crippen molar-refractivity contribution in [3.8, 4) is 6.07 Å². The molecule has 14 heteroatoms. The van der Waals surface area contributed by atoms with Crippen molar-refractivity contribution in [3.05, 3.63) is 62.8 Å². The summed E-state index contributed by atoms with van der Waals surface area (Å²) in [5.74, 6) is -0.790. The van der Waals surface area contributed by atoms with Gasteiger partial charge in [-0.15, -0.1) is 0 Å². The van der Waals surface area contributed by atoms with Gasteiger partial charge < -0.3 is 15.0 Å². The van der Waals surface area contributed by atoms with E-state index in [1.54, 1.807) is 31.3 Å². The van der Waals surface area contributed by atoms with Gasteiger partial charge in [-0.1, -0.05) is 17.2 Å². The van der Waals surface area contributed by atoms with E-state index in [0.717, 1.165) is 5.56 Å². The Labute approximate surface area is 218 Å². The minimum atomic E-state index is -3.77. The van der Waals surface area contributed by atoms with Crippen LogP contribution in [0.5, 0.6) is 0 Å². The van der Waals surface area contributed by atoms with Gasteiger partial charge in [-0.3, -0.25) is 14.3 Å². The lowest BCUT2D eigenvalue weighted by atomic mass is 10.0. The maximum Gasteiger partial charge on any atom is 0.272 e. The summed E-state index contributed by atoms with van der Waals surface area (Å²) in [5, 5.41) is 19.6. The Kier molecular flexibility index (Phi) is 6.38. The maximum absolute atomic E-state index is 13.6. The number of aromatic nitrogens is 2. The highest BCUT2D eigenvalue weighted by atomic mass is 32.2. The van der Waals surface area contributed by atoms with Gasteiger partial charge in [0.05, 0.1) is 36.1 Å². The van der Waals surface area contributed by atoms with Crippen molar-refractivity contribution < 1.29 is 22.7 Å². The first-order valence-corrected chi connectivity index (χ1v) is 13.6. The SMILES string of the molecule is Cn1nc(C(=O)NCc2ccc(C#N)cc2)c2c1C(=O)N(CC1(S(=O)(=O)C3(CN=[N+]=[N-])COC3)CC1)CC2. The molecule has 1 aromatic heterocycles. The van der Waals surface area contributed by atoms with E-state index >= 15 is 0 Å². The molecule has 3 heterocycles. The van der Waals surface area contributed by atoms with Crippen molar-refractivity contribution in [2.75, 3.05) is 32.8 Å². The number of carbonyl (C=O) groups excluding carboxylic acids is 2. The molecule has 3 aliphatic rings. The molecule has 2 aliphatic heterocycles. The molecule has 5 rings (SSSR count). The van der Waals surface area contributed by atoms with Crippen LogP contribution in [0, 0.1) is 11.3 Å². The summed E-state index contributed by atoms with van der Waals surface area (Å²) in [6, 6.07) is 8.88. The Morgan fingerprint density at radius 3 is 2.58 bits per heavy atom. The zero-order valence-corrected chi connectivity index (χ0v) is 21.6. The Morgan fingerprint density at radius 1 is 1.29 bits per heavy atom. The molecular weight excluding hydrogens is 512 g/mol. The molecule has 1 N–H and O–H groups in total. The molecule has 0 radical (unpaired) electrons. The largest absolute Gasteiger partial charge is 0.378 e. The van der Waals surface area contributed by atoms with Crippen LogP contribution in [0.4, 0.5) is 0 Å². The number of hydrogen-bond acceptors (Lipinski definition) is 8. The number of hydrogen-bond donors (Lipinski definition) is 1. The van der Waals surface area contributed by atoms with E-state index in [0.29, 0.717) is 30.4 Å². The molecule has 1 saturated carbocycles. The molecule has 0 atom stereocenters. The predicted molar refractivity (Wildman–Crippen MR) is 134 cm³/mol. The van der Waals surface area contributed by atoms with Gasteiger partial charge in [0.1, 0.15) is 10.4 Å². The van der Waals surface area contributed by atoms with Crippen LogP contribution in [0.25, 0.3) is 10.4 Å². The second kappa shape index (κ2) is 9.43. The summed E-state index contributed by atoms with van der Waals surface area (Å²) in [6.45, 7) is 0.251. The highest BCUT2D eigenvalue weighted by Gasteiger charge is 2.65. The van der Waals surface area contributed by atoms with E-state index in [4.69, 9.17) is 15.5 Å². The number of benzene rings is 1. The Hall–Kier alpha value is -3.92. The topological polar surface area (TPSA) is 183 Å². The number of nitriles is 1. The zero-order chi connectivity index (χ0) is 27.1. The van der Waals surface area contributed by atoms with Gasteiger partial charge in [0.25, 0.3) is 11.8 Å². The van der Waals surface area contributed by atoms with Crippen LogP contribution in [-0.4, -0.2) is 77.3 Å². The van der Waals surface area contributed by atoms with Gasteiger partial charge in [-0.05, 0) is 42.5 Å². The van der Waals surface area contributed by atoms with E-state index in [1.807, 2.05) is 6.07 Å². The Bertz CT molecular complexity index is 1490. The van der Waals surface area contributed by atoms with Crippen molar-refractivity contribution in [1.29, 1.82) is 5.26 Å². The summed E-state index contributed by atoms with van der Waals surface area (Å²) < 4.78 is 31.5. The van der Waals surface area contributed by atoms with E-state index in [-0.39, 0.29) is 56.7 Å². The first kappa shape index (κ1) is 25.7. The van der Waals surface area contributed by atoms with Crippen molar-refractivity contribution in [1.82, 2.24) is 20.0 Å². The molecule has 1 saturated heterocycles. The molecular formula is C24H26N8O5S. The number of nitrogens with one attached hydrogen (secondary N) is 1. The maximum atomic E-state index is 13.6. The van der Waals surface area contributed by atoms with Gasteiger partial charge in [-0.2, -0.15) is 10.4 Å². The number of carbonyl (C=O) groups is 2. The molecule has 2 aromatic rings. The van der Waals surface area contributed by atoms with E-state index < -0.39 is 25.2 Å². The number of azide groups is 1. The summed E-state index contributed by atoms with van der Waals surface area (Å²) in [4.78, 5) is 30.6. The lowest BCUT2D eigenvalue weighted by Gasteiger charge is -2.43. The third kappa shape index (κ3) is 4.09. The third-order valence-electron chi connectivity index (χ3n) is 7.60. The van der Waals surface area contributed by atoms with Gasteiger partial charge in [-0.25, -0.2) is 8.42 Å². The van der Waals surface area contributed by atoms with Crippen LogP contribution < -0.4 is 5.32 Å². The van der Waals surface area contributed by atoms with Gasteiger partial charge >= 0.3 is 0 Å². The molecule has 1 aliphatic carbocycles. The lowest BCUT2D eigenvalue weighted by Crippen LogP contribution is -2.63. The smallest absolute Gasteiger partial charge is 0.272 e. The monoisotopic (exact) mass is 538 g/mol. The minimum absolute atomic E-state index is 0.0248. The van der Waals surface area contributed by atoms with Crippen molar-refractivity contribution in [2.45, 2.75) is 35.3 Å². The second-order valence-corrected chi connectivity index (χ2v) is 12.8. The first-order chi connectivity index (χ1) is 18.2. The number of sulfone groups is 1. The molecule has 198 valence electrons. The highest BCUT2D eigenvalue weighted by molar-refractivity contribution is 7.94. The number of amides is 2. The van der Waals surface area contributed by atoms with Crippen molar-refractivity contribution in [3.63, 3.8) is 0 Å². The number of rotatable bonds is 9. The second-order valence-electron chi connectivity index (χ2n) is 10.0. The summed E-state index contributed by atoms with van der Waals surface area (Å²) >= 11 is 0. The zero-order valence-electron chi connectivity index (χ0n) is 20.8. The quantitative estimate of drug-likeness (QED) is 0.283. The molecule has 1 aromatic carbocycles. The van der Waals surface area contributed by atoms with Gasteiger partial charge in [0.15, 0.2) is 15.5 Å². The van der Waals surface area contributed by atoms with Crippen LogP contribution in [-0.2, 0) is 34.6 Å². The molecule has 38 heavy (non-hydrogen) atoms. The average molecular weight is 539 g/mol. The molecule has 2 amide bonds. The number of ether oxygens (including phenoxy) is 1. The van der Waals surface area contributed by atoms with Crippen LogP contribution in [0.1, 0.15) is 50.5 Å². The van der Waals surface area contributed by atoms with Crippen molar-refractivity contribution >= 4 is 21.7 Å². The van der Waals surface area contributed by atoms with E-state index in [1.165, 1.54) is 9.58 Å². The fourth-order valence-electron chi connectivity index (χ4n) is 5.15. The van der Waals surface area contributed by atoms with Crippen LogP contribution in [0.2, 0.25) is 0 Å². The number of fused-ring (bicyclic) bond motifs is 1. The van der Waals surface area contributed by atoms with Crippen LogP contribution >= 0.6 is 0 Å². The lowest BCUT2D eigenvalue weighted by molar-refractivity contribution is -0.00996. The summed E-state index contributed by atoms with van der Waals surface area (Å²) in [5.41, 5.74) is 11.0. The average Bonchev–Trinajstić information content (AvgIpc) is 3.60. The fraction of sp³-hybridized carbons (Fsp3) is 0.500. The molecule has 0 unspecified atom stereocenters. The standard InChI is InChI=1S/C24H26N8O5S/c1-31-20-18(19(29-31)21(33)27-11-17-4-2-16(10-25)3-5-17)6-9-32(22(20)34)13-23(7-8-23)38(35,36)24(12-28-30-26)14-37-15-24/h2-5H,6-9,11-15H2,1H3,(H,27,33).